The second-order valence-electron chi connectivity index (χ2n) is 6.47. The zero-order chi connectivity index (χ0) is 18.6. The van der Waals surface area contributed by atoms with Crippen molar-refractivity contribution in [3.8, 4) is 6.07 Å². The number of benzene rings is 1. The lowest BCUT2D eigenvalue weighted by Gasteiger charge is -2.25. The van der Waals surface area contributed by atoms with Crippen molar-refractivity contribution >= 4 is 5.91 Å². The Hall–Kier alpha value is -3.46. The Labute approximate surface area is 157 Å². The van der Waals surface area contributed by atoms with E-state index in [0.717, 1.165) is 23.4 Å². The van der Waals surface area contributed by atoms with E-state index < -0.39 is 0 Å². The average Bonchev–Trinajstić information content (AvgIpc) is 3.14. The molecule has 0 radical (unpaired) electrons. The Morgan fingerprint density at radius 1 is 1.22 bits per heavy atom. The van der Waals surface area contributed by atoms with Crippen LogP contribution >= 0.6 is 0 Å². The molecule has 0 atom stereocenters. The van der Waals surface area contributed by atoms with Crippen molar-refractivity contribution in [2.24, 2.45) is 0 Å². The molecule has 6 heteroatoms. The van der Waals surface area contributed by atoms with Crippen molar-refractivity contribution in [3.05, 3.63) is 82.8 Å². The number of carbonyl (C=O) groups excluding carboxylic acids is 1. The summed E-state index contributed by atoms with van der Waals surface area (Å²) in [7, 11) is 0. The number of fused-ring (bicyclic) bond motifs is 1. The smallest absolute Gasteiger partial charge is 0.255 e. The number of hydrogen-bond donors (Lipinski definition) is 0. The number of aromatic nitrogens is 2. The van der Waals surface area contributed by atoms with Gasteiger partial charge in [0.05, 0.1) is 23.7 Å². The maximum atomic E-state index is 12.8. The minimum Gasteiger partial charge on any atom is -0.445 e. The number of aryl methyl sites for hydroxylation is 2. The second kappa shape index (κ2) is 7.42. The third-order valence-corrected chi connectivity index (χ3v) is 4.69. The summed E-state index contributed by atoms with van der Waals surface area (Å²) in [5, 5.41) is 9.23. The summed E-state index contributed by atoms with van der Waals surface area (Å²) in [5.41, 5.74) is 2.78. The highest BCUT2D eigenvalue weighted by Gasteiger charge is 2.27. The maximum absolute atomic E-state index is 12.8. The van der Waals surface area contributed by atoms with Gasteiger partial charge >= 0.3 is 0 Å². The molecular weight excluding hydrogens is 340 g/mol. The Balaban J connectivity index is 1.46. The second-order valence-corrected chi connectivity index (χ2v) is 6.47. The fourth-order valence-electron chi connectivity index (χ4n) is 3.27. The molecule has 1 aromatic carbocycles. The van der Waals surface area contributed by atoms with Crippen molar-refractivity contribution in [2.45, 2.75) is 25.8 Å². The van der Waals surface area contributed by atoms with Crippen molar-refractivity contribution in [1.29, 1.82) is 5.26 Å². The lowest BCUT2D eigenvalue weighted by Crippen LogP contribution is -2.36. The van der Waals surface area contributed by atoms with Gasteiger partial charge in [0, 0.05) is 31.8 Å². The molecule has 0 aliphatic carbocycles. The topological polar surface area (TPSA) is 83.0 Å². The fraction of sp³-hybridized carbons (Fsp3) is 0.238. The molecule has 3 aromatic rings. The Bertz CT molecular complexity index is 1000. The van der Waals surface area contributed by atoms with Crippen LogP contribution < -0.4 is 0 Å². The molecule has 4 rings (SSSR count). The van der Waals surface area contributed by atoms with E-state index in [-0.39, 0.29) is 5.91 Å². The highest BCUT2D eigenvalue weighted by Crippen LogP contribution is 2.23. The summed E-state index contributed by atoms with van der Waals surface area (Å²) < 4.78 is 5.88. The van der Waals surface area contributed by atoms with Crippen LogP contribution in [0.15, 0.2) is 53.2 Å². The van der Waals surface area contributed by atoms with E-state index in [2.05, 4.69) is 16.0 Å². The van der Waals surface area contributed by atoms with E-state index in [9.17, 15) is 10.1 Å². The van der Waals surface area contributed by atoms with Crippen LogP contribution in [0.2, 0.25) is 0 Å². The van der Waals surface area contributed by atoms with Gasteiger partial charge in [-0.15, -0.1) is 0 Å². The molecule has 2 aromatic heterocycles. The number of pyridine rings is 1. The molecule has 1 aliphatic heterocycles. The van der Waals surface area contributed by atoms with Gasteiger partial charge in [-0.2, -0.15) is 5.26 Å². The maximum Gasteiger partial charge on any atom is 0.255 e. The molecule has 27 heavy (non-hydrogen) atoms. The lowest BCUT2D eigenvalue weighted by molar-refractivity contribution is 0.0727. The molecule has 0 unspecified atom stereocenters. The first-order valence-corrected chi connectivity index (χ1v) is 8.89. The third-order valence-electron chi connectivity index (χ3n) is 4.69. The number of oxazole rings is 1. The van der Waals surface area contributed by atoms with Gasteiger partial charge in [-0.3, -0.25) is 9.78 Å². The van der Waals surface area contributed by atoms with E-state index in [1.54, 1.807) is 35.4 Å². The zero-order valence-electron chi connectivity index (χ0n) is 14.8. The summed E-state index contributed by atoms with van der Waals surface area (Å²) in [4.78, 5) is 23.2. The first kappa shape index (κ1) is 17.0. The molecule has 134 valence electrons. The number of carbonyl (C=O) groups is 1. The van der Waals surface area contributed by atoms with Gasteiger partial charge in [-0.25, -0.2) is 4.98 Å². The minimum atomic E-state index is -0.141. The van der Waals surface area contributed by atoms with Crippen molar-refractivity contribution in [1.82, 2.24) is 14.9 Å². The van der Waals surface area contributed by atoms with E-state index in [4.69, 9.17) is 4.42 Å². The highest BCUT2D eigenvalue weighted by atomic mass is 16.4. The average molecular weight is 358 g/mol. The molecule has 0 N–H and O–H groups in total. The number of nitriles is 1. The molecular formula is C21H18N4O2. The summed E-state index contributed by atoms with van der Waals surface area (Å²) in [6, 6.07) is 12.9. The molecule has 0 saturated carbocycles. The third kappa shape index (κ3) is 3.58. The van der Waals surface area contributed by atoms with Crippen LogP contribution in [0.1, 0.15) is 38.8 Å². The number of nitrogens with zero attached hydrogens (tertiary/aromatic N) is 4. The summed E-state index contributed by atoms with van der Waals surface area (Å²) >= 11 is 0. The van der Waals surface area contributed by atoms with Gasteiger partial charge in [-0.05, 0) is 30.2 Å². The molecule has 0 bridgehead atoms. The molecule has 1 amide bonds. The largest absolute Gasteiger partial charge is 0.445 e. The van der Waals surface area contributed by atoms with Crippen molar-refractivity contribution < 1.29 is 9.21 Å². The number of rotatable bonds is 4. The molecule has 0 spiro atoms. The van der Waals surface area contributed by atoms with Crippen LogP contribution in [-0.4, -0.2) is 27.3 Å². The van der Waals surface area contributed by atoms with E-state index in [1.165, 1.54) is 0 Å². The van der Waals surface area contributed by atoms with Crippen LogP contribution in [0, 0.1) is 11.3 Å². The zero-order valence-corrected chi connectivity index (χ0v) is 14.8. The van der Waals surface area contributed by atoms with Gasteiger partial charge in [-0.1, -0.05) is 18.2 Å². The molecule has 6 nitrogen and oxygen atoms in total. The van der Waals surface area contributed by atoms with E-state index >= 15 is 0 Å². The van der Waals surface area contributed by atoms with Gasteiger partial charge < -0.3 is 9.32 Å². The molecule has 3 heterocycles. The van der Waals surface area contributed by atoms with Crippen LogP contribution in [0.5, 0.6) is 0 Å². The lowest BCUT2D eigenvalue weighted by atomic mass is 10.1. The SMILES string of the molecule is N#Cc1ccccc1C(=O)N1CCc2oc(CCc3cccnc3)nc2C1. The predicted octanol–water partition coefficient (Wildman–Crippen LogP) is 2.92. The number of amides is 1. The van der Waals surface area contributed by atoms with E-state index in [1.807, 2.05) is 18.3 Å². The Kier molecular flexibility index (Phi) is 4.67. The molecule has 1 aliphatic rings. The highest BCUT2D eigenvalue weighted by molar-refractivity contribution is 5.96. The first-order valence-electron chi connectivity index (χ1n) is 8.89. The van der Waals surface area contributed by atoms with Crippen LogP contribution in [-0.2, 0) is 25.8 Å². The van der Waals surface area contributed by atoms with Gasteiger partial charge in [0.2, 0.25) is 0 Å². The Morgan fingerprint density at radius 3 is 2.93 bits per heavy atom. The summed E-state index contributed by atoms with van der Waals surface area (Å²) in [6.45, 7) is 0.965. The summed E-state index contributed by atoms with van der Waals surface area (Å²) in [6.07, 6.45) is 5.74. The van der Waals surface area contributed by atoms with Crippen LogP contribution in [0.25, 0.3) is 0 Å². The van der Waals surface area contributed by atoms with Gasteiger partial charge in [0.25, 0.3) is 5.91 Å². The standard InChI is InChI=1S/C21H18N4O2/c22-12-16-5-1-2-6-17(16)21(26)25-11-9-19-18(14-25)24-20(27-19)8-7-15-4-3-10-23-13-15/h1-6,10,13H,7-9,11,14H2. The first-order chi connectivity index (χ1) is 13.2. The van der Waals surface area contributed by atoms with Crippen LogP contribution in [0.3, 0.4) is 0 Å². The molecule has 0 saturated heterocycles. The van der Waals surface area contributed by atoms with Crippen LogP contribution in [0.4, 0.5) is 0 Å². The van der Waals surface area contributed by atoms with Crippen molar-refractivity contribution in [2.75, 3.05) is 6.54 Å². The minimum absolute atomic E-state index is 0.141. The summed E-state index contributed by atoms with van der Waals surface area (Å²) in [5.74, 6) is 1.40. The number of hydrogen-bond acceptors (Lipinski definition) is 5. The predicted molar refractivity (Wildman–Crippen MR) is 97.7 cm³/mol. The molecule has 0 fully saturated rings. The van der Waals surface area contributed by atoms with Gasteiger partial charge in [0.15, 0.2) is 5.89 Å². The Morgan fingerprint density at radius 2 is 2.11 bits per heavy atom. The van der Waals surface area contributed by atoms with E-state index in [0.29, 0.717) is 42.9 Å². The fourth-order valence-corrected chi connectivity index (χ4v) is 3.27. The normalized spacial score (nSPS) is 13.1. The quantitative estimate of drug-likeness (QED) is 0.716. The van der Waals surface area contributed by atoms with Gasteiger partial charge in [0.1, 0.15) is 11.5 Å². The monoisotopic (exact) mass is 358 g/mol. The van der Waals surface area contributed by atoms with Crippen molar-refractivity contribution in [3.63, 3.8) is 0 Å².